The number of fused-ring (bicyclic) bond motifs is 4. The number of nitrogens with one attached hydrogen (secondary N) is 8. The number of aromatic amines is 1. The van der Waals surface area contributed by atoms with Crippen LogP contribution in [0.1, 0.15) is 190 Å². The van der Waals surface area contributed by atoms with Gasteiger partial charge in [-0.05, 0) is 129 Å². The van der Waals surface area contributed by atoms with Crippen molar-refractivity contribution in [3.05, 3.63) is 126 Å². The van der Waals surface area contributed by atoms with Crippen LogP contribution in [0.25, 0.3) is 21.7 Å². The van der Waals surface area contributed by atoms with Gasteiger partial charge < -0.3 is 58.8 Å². The zero-order chi connectivity index (χ0) is 70.0. The Hall–Kier alpha value is -8.99. The second kappa shape index (κ2) is 41.3. The van der Waals surface area contributed by atoms with E-state index in [1.165, 1.54) is 83.3 Å². The first-order valence-electron chi connectivity index (χ1n) is 35.7. The van der Waals surface area contributed by atoms with E-state index in [2.05, 4.69) is 59.4 Å². The van der Waals surface area contributed by atoms with E-state index < -0.39 is 95.7 Å². The molecule has 23 nitrogen and oxygen atoms in total. The van der Waals surface area contributed by atoms with E-state index in [4.69, 9.17) is 11.5 Å². The summed E-state index contributed by atoms with van der Waals surface area (Å²) >= 11 is 0. The topological polar surface area (TPSA) is 357 Å². The molecule has 0 radical (unpaired) electrons. The predicted octanol–water partition coefficient (Wildman–Crippen LogP) is 7.96. The van der Waals surface area contributed by atoms with Gasteiger partial charge >= 0.3 is 0 Å². The molecule has 2 aromatic heterocycles. The highest BCUT2D eigenvalue weighted by Gasteiger charge is 2.36. The summed E-state index contributed by atoms with van der Waals surface area (Å²) in [5, 5.41) is 41.6. The standard InChI is InChI=1S/C75H105N13O10/c1-3-4-5-6-7-8-9-10-11-12-13-14-15-36-69(92)78-42-24-21-33-62(70(77)93)81-72(95)63-35-22-25-43-88-50-57(86-87-88)48-67(80-51(2)89)75(98)85-66(46-56-49-79-61-32-19-18-31-60(56)61)74(97)83-64(34-20-23-41-76)73(96)84-65(44-52-37-39-58(90)40-38-52)68(91)47-55(71(94)82-63)45-54-29-26-28-53-27-16-17-30-59(53)54/h16-19,26-32,37-40,49-50,55,62-67,79,90H,3-15,20-25,33-36,41-48,76H2,1-2H3,(H2,77,93)(H,78,92)(H,80,89)(H,81,95)(H,82,94)(H,83,97)(H,84,96)(H,85,98)/t55-,62-,63-,64+,65+,66+,67-/m1/s1. The molecule has 0 spiro atoms. The Morgan fingerprint density at radius 1 is 0.653 bits per heavy atom. The van der Waals surface area contributed by atoms with Crippen LogP contribution < -0.4 is 48.7 Å². The van der Waals surface area contributed by atoms with Crippen LogP contribution in [-0.4, -0.2) is 127 Å². The number of hydrogen-bond acceptors (Lipinski definition) is 13. The molecule has 0 fully saturated rings. The van der Waals surface area contributed by atoms with Gasteiger partial charge in [-0.2, -0.15) is 0 Å². The molecular formula is C75H105N13O10. The lowest BCUT2D eigenvalue weighted by atomic mass is 9.87. The summed E-state index contributed by atoms with van der Waals surface area (Å²) in [7, 11) is 0. The predicted molar refractivity (Wildman–Crippen MR) is 379 cm³/mol. The Morgan fingerprint density at radius 3 is 2.03 bits per heavy atom. The summed E-state index contributed by atoms with van der Waals surface area (Å²) in [6, 6.07) is 19.3. The number of unbranched alkanes of at least 4 members (excludes halogenated alkanes) is 14. The number of primary amides is 1. The largest absolute Gasteiger partial charge is 0.508 e. The minimum atomic E-state index is -1.32. The maximum Gasteiger partial charge on any atom is 0.243 e. The second-order valence-electron chi connectivity index (χ2n) is 26.4. The fraction of sp³-hybridized carbons (Fsp3) is 0.533. The Balaban J connectivity index is 1.13. The van der Waals surface area contributed by atoms with Crippen LogP contribution in [0, 0.1) is 5.92 Å². The van der Waals surface area contributed by atoms with E-state index in [0.29, 0.717) is 68.3 Å². The summed E-state index contributed by atoms with van der Waals surface area (Å²) in [5.41, 5.74) is 15.0. The number of phenolic OH excluding ortho intramolecular Hbond substituents is 1. The number of carbonyl (C=O) groups is 9. The van der Waals surface area contributed by atoms with Crippen LogP contribution in [0.2, 0.25) is 0 Å². The van der Waals surface area contributed by atoms with Gasteiger partial charge in [-0.25, -0.2) is 0 Å². The second-order valence-corrected chi connectivity index (χ2v) is 26.4. The van der Waals surface area contributed by atoms with E-state index in [1.807, 2.05) is 66.7 Å². The third-order valence-corrected chi connectivity index (χ3v) is 18.4. The molecule has 0 unspecified atom stereocenters. The first-order chi connectivity index (χ1) is 47.5. The van der Waals surface area contributed by atoms with Crippen molar-refractivity contribution in [2.24, 2.45) is 17.4 Å². The van der Waals surface area contributed by atoms with E-state index in [0.717, 1.165) is 46.5 Å². The monoisotopic (exact) mass is 1350 g/mol. The molecule has 0 saturated carbocycles. The minimum Gasteiger partial charge on any atom is -0.508 e. The number of hydrogen-bond donors (Lipinski definition) is 11. The molecule has 1 aliphatic rings. The Labute approximate surface area is 576 Å². The molecule has 6 aromatic rings. The quantitative estimate of drug-likeness (QED) is 0.0174. The normalized spacial score (nSPS) is 18.9. The van der Waals surface area contributed by atoms with E-state index >= 15 is 14.4 Å². The Kier molecular flexibility index (Phi) is 32.2. The smallest absolute Gasteiger partial charge is 0.243 e. The summed E-state index contributed by atoms with van der Waals surface area (Å²) in [4.78, 5) is 132. The van der Waals surface area contributed by atoms with Gasteiger partial charge in [-0.1, -0.05) is 162 Å². The molecule has 530 valence electrons. The molecule has 2 bridgehead atoms. The van der Waals surface area contributed by atoms with Gasteiger partial charge in [-0.15, -0.1) is 5.10 Å². The lowest BCUT2D eigenvalue weighted by molar-refractivity contribution is -0.135. The Morgan fingerprint density at radius 2 is 1.32 bits per heavy atom. The van der Waals surface area contributed by atoms with Gasteiger partial charge in [0.25, 0.3) is 0 Å². The molecular weight excluding hydrogens is 1240 g/mol. The summed E-state index contributed by atoms with van der Waals surface area (Å²) in [5.74, 6) is -6.60. The number of nitrogens with zero attached hydrogens (tertiary/aromatic N) is 3. The van der Waals surface area contributed by atoms with Gasteiger partial charge in [0.05, 0.1) is 11.7 Å². The number of aryl methyl sites for hydroxylation is 1. The van der Waals surface area contributed by atoms with Crippen molar-refractivity contribution < 1.29 is 48.3 Å². The average Bonchev–Trinajstić information content (AvgIpc) is 1.43. The number of rotatable bonds is 33. The highest BCUT2D eigenvalue weighted by Crippen LogP contribution is 2.26. The number of benzene rings is 4. The van der Waals surface area contributed by atoms with Crippen LogP contribution in [-0.2, 0) is 75.4 Å². The first kappa shape index (κ1) is 76.4. The molecule has 13 N–H and O–H groups in total. The number of ketones is 1. The fourth-order valence-electron chi connectivity index (χ4n) is 12.8. The van der Waals surface area contributed by atoms with Crippen molar-refractivity contribution in [3.8, 4) is 5.75 Å². The summed E-state index contributed by atoms with van der Waals surface area (Å²) in [6.07, 6.45) is 21.7. The number of carbonyl (C=O) groups excluding carboxylic acids is 9. The van der Waals surface area contributed by atoms with Crippen LogP contribution >= 0.6 is 0 Å². The molecule has 7 atom stereocenters. The van der Waals surface area contributed by atoms with Crippen LogP contribution in [0.5, 0.6) is 5.75 Å². The molecule has 0 saturated heterocycles. The number of aromatic hydroxyl groups is 1. The highest BCUT2D eigenvalue weighted by molar-refractivity contribution is 5.98. The third kappa shape index (κ3) is 25.8. The average molecular weight is 1350 g/mol. The molecule has 23 heteroatoms. The van der Waals surface area contributed by atoms with Crippen molar-refractivity contribution >= 4 is 74.7 Å². The first-order valence-corrected chi connectivity index (χ1v) is 35.7. The number of Topliss-reactive ketones (excluding diaryl/α,β-unsaturated/α-hetero) is 1. The number of phenols is 1. The van der Waals surface area contributed by atoms with Gasteiger partial charge in [-0.3, -0.25) is 47.8 Å². The molecule has 4 aromatic carbocycles. The number of H-pyrrole nitrogens is 1. The number of amides is 8. The minimum absolute atomic E-state index is 0.0196. The van der Waals surface area contributed by atoms with Crippen molar-refractivity contribution in [2.45, 2.75) is 236 Å². The number of nitrogens with two attached hydrogens (primary N) is 2. The molecule has 3 heterocycles. The maximum atomic E-state index is 15.4. The SMILES string of the molecule is CCCCCCCCCCCCCCCC(=O)NCCCC[C@@H](NC(=O)[C@H]1CCCCn2cc(nn2)C[C@@H](NC(C)=O)C(=O)N[C@@H](Cc2c[nH]c3ccccc23)C(=O)N[C@@H](CCCCN)C(=O)N[C@@H](Cc2ccc(O)cc2)C(=O)C[C@@H](Cc2cccc3ccccc23)C(=O)N1)C(N)=O. The summed E-state index contributed by atoms with van der Waals surface area (Å²) < 4.78 is 1.55. The highest BCUT2D eigenvalue weighted by atomic mass is 16.3. The van der Waals surface area contributed by atoms with E-state index in [1.54, 1.807) is 29.2 Å². The van der Waals surface area contributed by atoms with Crippen molar-refractivity contribution in [2.75, 3.05) is 13.1 Å². The lowest BCUT2D eigenvalue weighted by Gasteiger charge is -2.28. The lowest BCUT2D eigenvalue weighted by Crippen LogP contribution is -2.58. The van der Waals surface area contributed by atoms with E-state index in [-0.39, 0.29) is 69.7 Å². The molecule has 98 heavy (non-hydrogen) atoms. The fourth-order valence-corrected chi connectivity index (χ4v) is 12.8. The third-order valence-electron chi connectivity index (χ3n) is 18.4. The molecule has 8 amide bonds. The molecule has 7 rings (SSSR count). The molecule has 1 aliphatic heterocycles. The van der Waals surface area contributed by atoms with Crippen molar-refractivity contribution in [3.63, 3.8) is 0 Å². The number of aromatic nitrogens is 4. The van der Waals surface area contributed by atoms with E-state index in [9.17, 15) is 33.9 Å². The van der Waals surface area contributed by atoms with Gasteiger partial charge in [0.2, 0.25) is 47.3 Å². The molecule has 0 aliphatic carbocycles. The van der Waals surface area contributed by atoms with Gasteiger partial charge in [0.1, 0.15) is 36.0 Å². The van der Waals surface area contributed by atoms with Crippen LogP contribution in [0.4, 0.5) is 0 Å². The van der Waals surface area contributed by atoms with Gasteiger partial charge in [0, 0.05) is 74.9 Å². The number of para-hydroxylation sites is 1. The maximum absolute atomic E-state index is 15.4. The Bertz CT molecular complexity index is 3530. The van der Waals surface area contributed by atoms with Crippen molar-refractivity contribution in [1.29, 1.82) is 0 Å². The van der Waals surface area contributed by atoms with Crippen LogP contribution in [0.15, 0.2) is 103 Å². The van der Waals surface area contributed by atoms with Gasteiger partial charge in [0.15, 0.2) is 5.78 Å². The summed E-state index contributed by atoms with van der Waals surface area (Å²) in [6.45, 7) is 4.43. The zero-order valence-electron chi connectivity index (χ0n) is 57.4. The zero-order valence-corrected chi connectivity index (χ0v) is 57.4. The van der Waals surface area contributed by atoms with Crippen molar-refractivity contribution in [1.82, 2.24) is 57.2 Å². The van der Waals surface area contributed by atoms with Crippen LogP contribution in [0.3, 0.4) is 0 Å².